The van der Waals surface area contributed by atoms with E-state index in [-0.39, 0.29) is 126 Å². The number of nitrogens with zero attached hydrogens (tertiary/aromatic N) is 30. The number of hydrogen-bond acceptors (Lipinski definition) is 18. The Morgan fingerprint density at radius 1 is 0.180 bits per heavy atom. The quantitative estimate of drug-likeness (QED) is 0.103. The van der Waals surface area contributed by atoms with Gasteiger partial charge in [-0.15, -0.1) is 70.3 Å². The molecule has 0 amide bonds. The van der Waals surface area contributed by atoms with Gasteiger partial charge in [0.15, 0.2) is 0 Å². The first kappa shape index (κ1) is 103. The molecule has 0 saturated heterocycles. The third kappa shape index (κ3) is 18.6. The zero-order valence-electron chi connectivity index (χ0n) is 81.0. The monoisotopic (exact) mass is 3060 g/mol. The van der Waals surface area contributed by atoms with Crippen molar-refractivity contribution in [2.45, 2.75) is 0 Å². The molecule has 0 atom stereocenters. The van der Waals surface area contributed by atoms with Crippen LogP contribution in [-0.2, 0) is 211 Å². The predicted molar refractivity (Wildman–Crippen MR) is 542 cm³/mol. The molecule has 0 unspecified atom stereocenters. The molecule has 0 spiro atoms. The van der Waals surface area contributed by atoms with Gasteiger partial charge in [-0.3, -0.25) is 0 Å². The van der Waals surface area contributed by atoms with Crippen molar-refractivity contribution in [2.75, 3.05) is 0 Å². The van der Waals surface area contributed by atoms with Gasteiger partial charge in [0.2, 0.25) is 0 Å². The maximum Gasteiger partial charge on any atom is 2.00 e. The zero-order chi connectivity index (χ0) is 97.6. The second-order valence-corrected chi connectivity index (χ2v) is 35.4. The summed E-state index contributed by atoms with van der Waals surface area (Å²) in [4.78, 5) is 81.4. The van der Waals surface area contributed by atoms with Crippen molar-refractivity contribution in [1.82, 2.24) is 145 Å². The standard InChI is InChI=1S/6C18H13N5O.6Pt/c6*1-22-6-14(19-9-22)11-4-3-5-12-16(11)21-17-13(8-24-18(12)17)15-7-23(2)10-20-15;;;;;;/h3*3-8,10H,1-2H3;3*3-9H,1-2H3;;;;;;/q6*-2;6*+2. The maximum atomic E-state index is 5.82. The largest absolute Gasteiger partial charge is 2.00 e. The third-order valence-corrected chi connectivity index (χ3v) is 25.0. The van der Waals surface area contributed by atoms with Gasteiger partial charge in [0.1, 0.15) is 33.5 Å². The number of para-hydroxylation sites is 6. The first-order valence-electron chi connectivity index (χ1n) is 45.4. The van der Waals surface area contributed by atoms with E-state index in [2.05, 4.69) is 97.8 Å². The summed E-state index contributed by atoms with van der Waals surface area (Å²) < 4.78 is 57.2. The summed E-state index contributed by atoms with van der Waals surface area (Å²) in [6.45, 7) is 0. The minimum absolute atomic E-state index is 0. The topological polar surface area (TPSA) is 377 Å². The molecule has 756 valence electrons. The Morgan fingerprint density at radius 3 is 0.473 bits per heavy atom. The van der Waals surface area contributed by atoms with E-state index in [9.17, 15) is 0 Å². The first-order valence-corrected chi connectivity index (χ1v) is 45.4. The van der Waals surface area contributed by atoms with Crippen LogP contribution >= 0.6 is 0 Å². The summed E-state index contributed by atoms with van der Waals surface area (Å²) in [6, 6.07) is 36.3. The predicted octanol–water partition coefficient (Wildman–Crippen LogP) is 18.9. The molecule has 150 heavy (non-hydrogen) atoms. The summed E-state index contributed by atoms with van der Waals surface area (Å²) in [5, 5.41) is 5.90. The van der Waals surface area contributed by atoms with E-state index in [0.717, 1.165) is 267 Å². The second-order valence-electron chi connectivity index (χ2n) is 35.4. The number of rotatable bonds is 12. The molecule has 0 radical (unpaired) electrons. The van der Waals surface area contributed by atoms with Crippen molar-refractivity contribution in [3.05, 3.63) is 297 Å². The number of benzene rings is 6. The normalized spacial score (nSPS) is 11.3. The molecule has 6 aromatic carbocycles. The zero-order valence-corrected chi connectivity index (χ0v) is 94.6. The molecule has 24 heterocycles. The van der Waals surface area contributed by atoms with Gasteiger partial charge in [0, 0.05) is 166 Å². The van der Waals surface area contributed by atoms with Crippen LogP contribution < -0.4 is 29.9 Å². The Labute approximate surface area is 937 Å². The van der Waals surface area contributed by atoms with Gasteiger partial charge in [0.05, 0.1) is 110 Å². The van der Waals surface area contributed by atoms with Crippen molar-refractivity contribution in [3.63, 3.8) is 0 Å². The van der Waals surface area contributed by atoms with Crippen molar-refractivity contribution < 1.29 is 153 Å². The van der Waals surface area contributed by atoms with E-state index < -0.39 is 0 Å². The van der Waals surface area contributed by atoms with Gasteiger partial charge in [-0.1, -0.05) is 193 Å². The van der Waals surface area contributed by atoms with Gasteiger partial charge >= 0.3 is 126 Å². The first-order chi connectivity index (χ1) is 70.2. The Hall–Kier alpha value is -15.6. The van der Waals surface area contributed by atoms with E-state index >= 15 is 0 Å². The van der Waals surface area contributed by atoms with Crippen LogP contribution in [0.4, 0.5) is 0 Å². The smallest absolute Gasteiger partial charge is 0.654 e. The molecule has 0 aliphatic heterocycles. The molecule has 0 bridgehead atoms. The molecular weight excluding hydrogens is 2980 g/mol. The minimum Gasteiger partial charge on any atom is -0.654 e. The number of imidazole rings is 12. The summed E-state index contributed by atoms with van der Waals surface area (Å²) >= 11 is 0. The van der Waals surface area contributed by atoms with Gasteiger partial charge < -0.3 is 141 Å². The van der Waals surface area contributed by atoms with Crippen molar-refractivity contribution in [1.29, 1.82) is 0 Å². The van der Waals surface area contributed by atoms with Crippen molar-refractivity contribution in [3.8, 4) is 135 Å². The van der Waals surface area contributed by atoms with Crippen molar-refractivity contribution >= 4 is 132 Å². The van der Waals surface area contributed by atoms with Crippen LogP contribution in [0.15, 0.2) is 286 Å². The third-order valence-electron chi connectivity index (χ3n) is 25.0. The Morgan fingerprint density at radius 2 is 0.327 bits per heavy atom. The van der Waals surface area contributed by atoms with Crippen LogP contribution in [0.1, 0.15) is 0 Å². The average molecular weight is 3060 g/mol. The van der Waals surface area contributed by atoms with Crippen molar-refractivity contribution in [2.24, 2.45) is 84.6 Å². The Kier molecular flexibility index (Phi) is 28.8. The molecule has 0 saturated carbocycles. The fourth-order valence-electron chi connectivity index (χ4n) is 18.3. The number of aromatic nitrogens is 30. The van der Waals surface area contributed by atoms with Gasteiger partial charge in [-0.2, -0.15) is 0 Å². The van der Waals surface area contributed by atoms with E-state index in [1.165, 1.54) is 0 Å². The Balaban J connectivity index is 0.000000112. The molecular formula is C108H78N30O6Pt6. The van der Waals surface area contributed by atoms with E-state index in [1.54, 1.807) is 103 Å². The number of fused-ring (bicyclic) bond motifs is 18. The number of furan rings is 6. The van der Waals surface area contributed by atoms with Gasteiger partial charge in [-0.05, 0) is 75.7 Å². The molecule has 0 aliphatic carbocycles. The number of aryl methyl sites for hydroxylation is 12. The molecule has 0 N–H and O–H groups in total. The average Bonchev–Trinajstić information content (AvgIpc) is 1.61. The maximum absolute atomic E-state index is 5.82. The van der Waals surface area contributed by atoms with Crippen LogP contribution in [0, 0.1) is 38.0 Å². The van der Waals surface area contributed by atoms with Crippen LogP contribution in [0.5, 0.6) is 0 Å². The van der Waals surface area contributed by atoms with E-state index in [0.29, 0.717) is 0 Å². The molecule has 42 heteroatoms. The van der Waals surface area contributed by atoms with E-state index in [4.69, 9.17) is 56.4 Å². The molecule has 36 nitrogen and oxygen atoms in total. The molecule has 30 aromatic rings. The summed E-state index contributed by atoms with van der Waals surface area (Å²) in [7, 11) is 23.1. The summed E-state index contributed by atoms with van der Waals surface area (Å²) in [6.07, 6.45) is 61.7. The number of hydrogen-bond donors (Lipinski definition) is 0. The fourth-order valence-corrected chi connectivity index (χ4v) is 18.3. The fraction of sp³-hybridized carbons (Fsp3) is 0.111. The van der Waals surface area contributed by atoms with Crippen LogP contribution in [-0.4, -0.2) is 115 Å². The minimum atomic E-state index is 0. The van der Waals surface area contributed by atoms with E-state index in [1.807, 2.05) is 296 Å². The molecule has 0 fully saturated rings. The van der Waals surface area contributed by atoms with Gasteiger partial charge in [0.25, 0.3) is 0 Å². The second kappa shape index (κ2) is 41.9. The van der Waals surface area contributed by atoms with Crippen LogP contribution in [0.25, 0.3) is 267 Å². The molecule has 30 rings (SSSR count). The molecule has 24 aromatic heterocycles. The van der Waals surface area contributed by atoms with Gasteiger partial charge in [-0.25, -0.2) is 29.9 Å². The van der Waals surface area contributed by atoms with Crippen LogP contribution in [0.2, 0.25) is 0 Å². The SMILES string of the molecule is Cn1[c-]nc(-c2cccc3c2[n-]c2c(-c4cn(C)cn4)coc23)c1.Cn1[c-]nc(-c2cccc3c2[n-]c2c(-c4cn(C)cn4)coc23)c1.Cn1[c-]nc(-c2cccc3c2[n-]c2c(-c4cn(C)cn4)coc23)c1.Cn1[c-]nc(-c2coc3c2[n-]c2c(-c4cn(C)cn4)cccc23)c1.Cn1[c-]nc(-c2coc3c2[n-]c2c(-c4cn(C)cn4)cccc23)c1.Cn1[c-]nc(-c2coc3c2[n-]c2c(-c4cn(C)cn4)cccc23)c1.[Pt+2].[Pt+2].[Pt+2].[Pt+2].[Pt+2].[Pt+2]. The molecule has 0 aliphatic rings. The van der Waals surface area contributed by atoms with Crippen LogP contribution in [0.3, 0.4) is 0 Å². The summed E-state index contributed by atoms with van der Waals surface area (Å²) in [5.74, 6) is 0. The summed E-state index contributed by atoms with van der Waals surface area (Å²) in [5.41, 5.74) is 36.5. The Bertz CT molecular complexity index is 8620.